The van der Waals surface area contributed by atoms with Gasteiger partial charge in [0.2, 0.25) is 0 Å². The van der Waals surface area contributed by atoms with Crippen molar-refractivity contribution in [3.8, 4) is 5.75 Å². The average molecular weight is 321 g/mol. The Morgan fingerprint density at radius 1 is 1.00 bits per heavy atom. The maximum Gasteiger partial charge on any atom is 0.138 e. The van der Waals surface area contributed by atoms with E-state index < -0.39 is 0 Å². The Morgan fingerprint density at radius 2 is 1.73 bits per heavy atom. The summed E-state index contributed by atoms with van der Waals surface area (Å²) in [6.45, 7) is 3.71. The SMILES string of the molecule is Oc1ccccc1N1CCN(Cc2c(F)cccc2Cl)CC1. The highest BCUT2D eigenvalue weighted by atomic mass is 35.5. The van der Waals surface area contributed by atoms with E-state index in [9.17, 15) is 9.50 Å². The molecule has 1 aliphatic heterocycles. The quantitative estimate of drug-likeness (QED) is 0.937. The minimum atomic E-state index is -0.254. The van der Waals surface area contributed by atoms with Gasteiger partial charge in [-0.25, -0.2) is 4.39 Å². The summed E-state index contributed by atoms with van der Waals surface area (Å²) in [4.78, 5) is 4.33. The molecular formula is C17H18ClFN2O. The molecule has 0 aliphatic carbocycles. The Morgan fingerprint density at radius 3 is 2.41 bits per heavy atom. The van der Waals surface area contributed by atoms with Gasteiger partial charge in [0.15, 0.2) is 0 Å². The van der Waals surface area contributed by atoms with E-state index in [-0.39, 0.29) is 5.82 Å². The van der Waals surface area contributed by atoms with E-state index in [1.165, 1.54) is 6.07 Å². The van der Waals surface area contributed by atoms with Crippen LogP contribution in [0.15, 0.2) is 42.5 Å². The number of rotatable bonds is 3. The maximum absolute atomic E-state index is 13.8. The van der Waals surface area contributed by atoms with Gasteiger partial charge in [0, 0.05) is 43.3 Å². The fourth-order valence-corrected chi connectivity index (χ4v) is 3.01. The molecule has 0 saturated carbocycles. The van der Waals surface area contributed by atoms with Crippen LogP contribution in [0, 0.1) is 5.82 Å². The summed E-state index contributed by atoms with van der Waals surface area (Å²) in [5.41, 5.74) is 1.41. The molecule has 0 aromatic heterocycles. The lowest BCUT2D eigenvalue weighted by Gasteiger charge is -2.36. The third kappa shape index (κ3) is 3.18. The Hall–Kier alpha value is -1.78. The molecule has 1 aliphatic rings. The van der Waals surface area contributed by atoms with Crippen LogP contribution in [0.5, 0.6) is 5.75 Å². The molecule has 0 atom stereocenters. The highest BCUT2D eigenvalue weighted by Gasteiger charge is 2.20. The van der Waals surface area contributed by atoms with Gasteiger partial charge in [-0.2, -0.15) is 0 Å². The molecule has 2 aromatic rings. The summed E-state index contributed by atoms with van der Waals surface area (Å²) >= 11 is 6.08. The summed E-state index contributed by atoms with van der Waals surface area (Å²) in [5, 5.41) is 10.4. The number of phenols is 1. The topological polar surface area (TPSA) is 26.7 Å². The van der Waals surface area contributed by atoms with Crippen LogP contribution >= 0.6 is 11.6 Å². The zero-order chi connectivity index (χ0) is 15.5. The van der Waals surface area contributed by atoms with E-state index in [1.807, 2.05) is 18.2 Å². The first-order valence-electron chi connectivity index (χ1n) is 7.33. The molecule has 1 heterocycles. The van der Waals surface area contributed by atoms with Crippen molar-refractivity contribution in [1.82, 2.24) is 4.90 Å². The first kappa shape index (κ1) is 15.1. The molecule has 3 rings (SSSR count). The number of nitrogens with zero attached hydrogens (tertiary/aromatic N) is 2. The van der Waals surface area contributed by atoms with Gasteiger partial charge in [-0.1, -0.05) is 29.8 Å². The first-order chi connectivity index (χ1) is 10.6. The predicted octanol–water partition coefficient (Wildman–Crippen LogP) is 3.51. The van der Waals surface area contributed by atoms with Crippen LogP contribution in [0.1, 0.15) is 5.56 Å². The zero-order valence-corrected chi connectivity index (χ0v) is 12.9. The molecular weight excluding hydrogens is 303 g/mol. The number of para-hydroxylation sites is 2. The van der Waals surface area contributed by atoms with E-state index >= 15 is 0 Å². The second kappa shape index (κ2) is 6.55. The standard InChI is InChI=1S/C17H18ClFN2O/c18-14-4-3-5-15(19)13(14)12-20-8-10-21(11-9-20)16-6-1-2-7-17(16)22/h1-7,22H,8-12H2. The second-order valence-corrected chi connectivity index (χ2v) is 5.86. The summed E-state index contributed by atoms with van der Waals surface area (Å²) < 4.78 is 13.8. The largest absolute Gasteiger partial charge is 0.506 e. The second-order valence-electron chi connectivity index (χ2n) is 5.45. The van der Waals surface area contributed by atoms with Gasteiger partial charge in [-0.3, -0.25) is 4.90 Å². The number of aromatic hydroxyl groups is 1. The Bertz CT molecular complexity index is 637. The Kier molecular flexibility index (Phi) is 4.50. The van der Waals surface area contributed by atoms with E-state index in [0.717, 1.165) is 31.9 Å². The number of phenolic OH excluding ortho intramolecular Hbond substituents is 1. The van der Waals surface area contributed by atoms with Crippen molar-refractivity contribution in [3.05, 3.63) is 58.9 Å². The highest BCUT2D eigenvalue weighted by molar-refractivity contribution is 6.31. The van der Waals surface area contributed by atoms with Gasteiger partial charge in [-0.05, 0) is 24.3 Å². The summed E-state index contributed by atoms with van der Waals surface area (Å²) in [5.74, 6) is 0.0451. The molecule has 22 heavy (non-hydrogen) atoms. The van der Waals surface area contributed by atoms with Crippen molar-refractivity contribution in [2.45, 2.75) is 6.54 Å². The number of hydrogen-bond acceptors (Lipinski definition) is 3. The summed E-state index contributed by atoms with van der Waals surface area (Å²) in [6, 6.07) is 12.1. The number of benzene rings is 2. The Labute approximate surface area is 134 Å². The Balaban J connectivity index is 1.64. The van der Waals surface area contributed by atoms with Crippen LogP contribution in [0.3, 0.4) is 0 Å². The third-order valence-corrected chi connectivity index (χ3v) is 4.39. The minimum absolute atomic E-state index is 0.254. The normalized spacial score (nSPS) is 16.0. The molecule has 2 aromatic carbocycles. The lowest BCUT2D eigenvalue weighted by Crippen LogP contribution is -2.46. The molecule has 1 saturated heterocycles. The van der Waals surface area contributed by atoms with Crippen LogP contribution in [0.2, 0.25) is 5.02 Å². The van der Waals surface area contributed by atoms with Gasteiger partial charge < -0.3 is 10.0 Å². The maximum atomic E-state index is 13.8. The fraction of sp³-hybridized carbons (Fsp3) is 0.294. The van der Waals surface area contributed by atoms with Crippen LogP contribution in [-0.4, -0.2) is 36.2 Å². The lowest BCUT2D eigenvalue weighted by molar-refractivity contribution is 0.246. The summed E-state index contributed by atoms with van der Waals surface area (Å²) in [7, 11) is 0. The monoisotopic (exact) mass is 320 g/mol. The third-order valence-electron chi connectivity index (χ3n) is 4.04. The molecule has 0 spiro atoms. The minimum Gasteiger partial charge on any atom is -0.506 e. The molecule has 1 fully saturated rings. The van der Waals surface area contributed by atoms with Crippen molar-refractivity contribution in [2.75, 3.05) is 31.1 Å². The molecule has 3 nitrogen and oxygen atoms in total. The van der Waals surface area contributed by atoms with E-state index in [2.05, 4.69) is 9.80 Å². The van der Waals surface area contributed by atoms with Crippen molar-refractivity contribution in [3.63, 3.8) is 0 Å². The van der Waals surface area contributed by atoms with Crippen molar-refractivity contribution in [1.29, 1.82) is 0 Å². The zero-order valence-electron chi connectivity index (χ0n) is 12.2. The smallest absolute Gasteiger partial charge is 0.138 e. The number of anilines is 1. The van der Waals surface area contributed by atoms with Crippen LogP contribution in [0.25, 0.3) is 0 Å². The first-order valence-corrected chi connectivity index (χ1v) is 7.71. The fourth-order valence-electron chi connectivity index (χ4n) is 2.79. The molecule has 116 valence electrons. The van der Waals surface area contributed by atoms with Crippen molar-refractivity contribution in [2.24, 2.45) is 0 Å². The molecule has 0 bridgehead atoms. The average Bonchev–Trinajstić information content (AvgIpc) is 2.52. The molecule has 0 amide bonds. The molecule has 0 unspecified atom stereocenters. The van der Waals surface area contributed by atoms with Gasteiger partial charge in [-0.15, -0.1) is 0 Å². The van der Waals surface area contributed by atoms with Gasteiger partial charge in [0.25, 0.3) is 0 Å². The van der Waals surface area contributed by atoms with Crippen LogP contribution in [-0.2, 0) is 6.54 Å². The van der Waals surface area contributed by atoms with Gasteiger partial charge in [0.1, 0.15) is 11.6 Å². The molecule has 0 radical (unpaired) electrons. The number of hydrogen-bond donors (Lipinski definition) is 1. The van der Waals surface area contributed by atoms with Crippen LogP contribution < -0.4 is 4.90 Å². The van der Waals surface area contributed by atoms with E-state index in [0.29, 0.717) is 22.9 Å². The summed E-state index contributed by atoms with van der Waals surface area (Å²) in [6.07, 6.45) is 0. The van der Waals surface area contributed by atoms with Crippen molar-refractivity contribution < 1.29 is 9.50 Å². The molecule has 1 N–H and O–H groups in total. The van der Waals surface area contributed by atoms with Crippen molar-refractivity contribution >= 4 is 17.3 Å². The predicted molar refractivity (Wildman–Crippen MR) is 87.0 cm³/mol. The van der Waals surface area contributed by atoms with Gasteiger partial charge in [0.05, 0.1) is 5.69 Å². The molecule has 5 heteroatoms. The van der Waals surface area contributed by atoms with E-state index in [4.69, 9.17) is 11.6 Å². The highest BCUT2D eigenvalue weighted by Crippen LogP contribution is 2.28. The lowest BCUT2D eigenvalue weighted by atomic mass is 10.1. The van der Waals surface area contributed by atoms with E-state index in [1.54, 1.807) is 18.2 Å². The number of piperazine rings is 1. The number of halogens is 2. The van der Waals surface area contributed by atoms with Crippen LogP contribution in [0.4, 0.5) is 10.1 Å². The van der Waals surface area contributed by atoms with Gasteiger partial charge >= 0.3 is 0 Å².